The summed E-state index contributed by atoms with van der Waals surface area (Å²) in [7, 11) is 1.37. The first-order valence-electron chi connectivity index (χ1n) is 10.5. The van der Waals surface area contributed by atoms with Crippen molar-refractivity contribution in [3.63, 3.8) is 0 Å². The Balaban J connectivity index is 1.62. The Morgan fingerprint density at radius 1 is 0.909 bits per heavy atom. The van der Waals surface area contributed by atoms with Crippen LogP contribution in [-0.4, -0.2) is 40.0 Å². The van der Waals surface area contributed by atoms with Gasteiger partial charge in [0.05, 0.1) is 31.5 Å². The van der Waals surface area contributed by atoms with Crippen LogP contribution in [0.1, 0.15) is 12.8 Å². The quantitative estimate of drug-likeness (QED) is 0.374. The lowest BCUT2D eigenvalue weighted by molar-refractivity contribution is 0.324. The van der Waals surface area contributed by atoms with Crippen LogP contribution in [0.25, 0.3) is 33.6 Å². The van der Waals surface area contributed by atoms with Crippen molar-refractivity contribution in [1.29, 1.82) is 0 Å². The number of sulfone groups is 1. The summed E-state index contributed by atoms with van der Waals surface area (Å²) in [5, 5.41) is -0.263. The molecule has 0 unspecified atom stereocenters. The van der Waals surface area contributed by atoms with Crippen molar-refractivity contribution in [2.45, 2.75) is 23.0 Å². The molecule has 1 saturated carbocycles. The van der Waals surface area contributed by atoms with Crippen LogP contribution in [0.3, 0.4) is 0 Å². The van der Waals surface area contributed by atoms with Crippen molar-refractivity contribution in [2.24, 2.45) is 0 Å². The third-order valence-electron chi connectivity index (χ3n) is 5.80. The number of rotatable bonds is 7. The Kier molecular flexibility index (Phi) is 5.25. The van der Waals surface area contributed by atoms with Crippen LogP contribution in [0, 0.1) is 0 Å². The highest BCUT2D eigenvalue weighted by molar-refractivity contribution is 7.92. The van der Waals surface area contributed by atoms with Crippen LogP contribution in [-0.2, 0) is 9.84 Å². The second-order valence-corrected chi connectivity index (χ2v) is 10.1. The van der Waals surface area contributed by atoms with Crippen LogP contribution in [0.5, 0.6) is 17.2 Å². The van der Waals surface area contributed by atoms with E-state index < -0.39 is 9.84 Å². The molecule has 0 spiro atoms. The summed E-state index contributed by atoms with van der Waals surface area (Å²) in [6.07, 6.45) is 3.14. The van der Waals surface area contributed by atoms with E-state index in [1.54, 1.807) is 45.7 Å². The summed E-state index contributed by atoms with van der Waals surface area (Å²) in [4.78, 5) is 4.78. The third kappa shape index (κ3) is 3.70. The lowest BCUT2D eigenvalue weighted by Gasteiger charge is -2.13. The number of furan rings is 1. The molecule has 0 N–H and O–H groups in total. The molecule has 8 heteroatoms. The number of ether oxygens (including phenoxy) is 3. The van der Waals surface area contributed by atoms with Crippen LogP contribution >= 0.6 is 0 Å². The molecule has 0 atom stereocenters. The summed E-state index contributed by atoms with van der Waals surface area (Å²) in [5.74, 6) is 2.09. The highest BCUT2D eigenvalue weighted by atomic mass is 32.2. The summed E-state index contributed by atoms with van der Waals surface area (Å²) in [6.45, 7) is 0. The van der Waals surface area contributed by atoms with Crippen LogP contribution in [0.15, 0.2) is 64.0 Å². The van der Waals surface area contributed by atoms with Crippen molar-refractivity contribution >= 4 is 20.9 Å². The van der Waals surface area contributed by atoms with Crippen molar-refractivity contribution in [1.82, 2.24) is 4.98 Å². The minimum atomic E-state index is -3.30. The topological polar surface area (TPSA) is 87.9 Å². The van der Waals surface area contributed by atoms with Gasteiger partial charge in [-0.2, -0.15) is 0 Å². The maximum atomic E-state index is 12.7. The van der Waals surface area contributed by atoms with Gasteiger partial charge in [0.25, 0.3) is 0 Å². The van der Waals surface area contributed by atoms with E-state index in [-0.39, 0.29) is 5.25 Å². The van der Waals surface area contributed by atoms with Crippen molar-refractivity contribution in [3.8, 4) is 39.7 Å². The molecule has 0 saturated heterocycles. The first-order valence-corrected chi connectivity index (χ1v) is 12.0. The summed E-state index contributed by atoms with van der Waals surface area (Å²) >= 11 is 0. The van der Waals surface area contributed by atoms with E-state index in [4.69, 9.17) is 18.6 Å². The fourth-order valence-corrected chi connectivity index (χ4v) is 5.64. The van der Waals surface area contributed by atoms with Gasteiger partial charge in [0.2, 0.25) is 5.75 Å². The third-order valence-corrected chi connectivity index (χ3v) is 8.06. The Morgan fingerprint density at radius 2 is 1.64 bits per heavy atom. The smallest absolute Gasteiger partial charge is 0.203 e. The van der Waals surface area contributed by atoms with E-state index in [1.807, 2.05) is 30.3 Å². The number of nitrogens with zero attached hydrogens (tertiary/aromatic N) is 1. The number of pyridine rings is 1. The minimum absolute atomic E-state index is 0.263. The minimum Gasteiger partial charge on any atom is -0.493 e. The molecule has 1 aliphatic carbocycles. The highest BCUT2D eigenvalue weighted by Gasteiger charge is 2.37. The standard InChI is InChI=1S/C25H23NO6S/c1-29-22-12-16(13-23(30-2)25(22)31-3)21-14-20-24(32-21)19(9-10-26-20)15-5-4-6-18(11-15)33(27,28)17-7-8-17/h4-6,9-14,17H,7-8H2,1-3H3. The van der Waals surface area contributed by atoms with Gasteiger partial charge in [-0.25, -0.2) is 8.42 Å². The molecule has 5 rings (SSSR count). The van der Waals surface area contributed by atoms with Crippen molar-refractivity contribution in [3.05, 3.63) is 54.7 Å². The Morgan fingerprint density at radius 3 is 2.27 bits per heavy atom. The number of aromatic nitrogens is 1. The molecule has 170 valence electrons. The van der Waals surface area contributed by atoms with Gasteiger partial charge in [0, 0.05) is 23.4 Å². The predicted molar refractivity (Wildman–Crippen MR) is 125 cm³/mol. The van der Waals surface area contributed by atoms with Gasteiger partial charge in [-0.3, -0.25) is 4.98 Å². The number of methoxy groups -OCH3 is 3. The molecular weight excluding hydrogens is 442 g/mol. The largest absolute Gasteiger partial charge is 0.493 e. The Labute approximate surface area is 191 Å². The highest BCUT2D eigenvalue weighted by Crippen LogP contribution is 2.43. The number of hydrogen-bond acceptors (Lipinski definition) is 7. The maximum Gasteiger partial charge on any atom is 0.203 e. The molecule has 1 aliphatic rings. The lowest BCUT2D eigenvalue weighted by Crippen LogP contribution is -2.06. The van der Waals surface area contributed by atoms with E-state index in [0.717, 1.165) is 29.5 Å². The van der Waals surface area contributed by atoms with E-state index >= 15 is 0 Å². The molecule has 0 amide bonds. The van der Waals surface area contributed by atoms with Gasteiger partial charge in [0.15, 0.2) is 26.9 Å². The maximum absolute atomic E-state index is 12.7. The van der Waals surface area contributed by atoms with Crippen molar-refractivity contribution < 1.29 is 27.0 Å². The Bertz CT molecular complexity index is 1430. The van der Waals surface area contributed by atoms with Crippen LogP contribution in [0.4, 0.5) is 0 Å². The fraction of sp³-hybridized carbons (Fsp3) is 0.240. The molecule has 2 aromatic heterocycles. The van der Waals surface area contributed by atoms with Gasteiger partial charge < -0.3 is 18.6 Å². The van der Waals surface area contributed by atoms with E-state index in [2.05, 4.69) is 4.98 Å². The molecule has 2 aromatic carbocycles. The zero-order valence-corrected chi connectivity index (χ0v) is 19.3. The first kappa shape index (κ1) is 21.3. The van der Waals surface area contributed by atoms with E-state index in [1.165, 1.54) is 0 Å². The lowest BCUT2D eigenvalue weighted by atomic mass is 10.1. The first-order chi connectivity index (χ1) is 16.0. The number of fused-ring (bicyclic) bond motifs is 1. The summed E-state index contributed by atoms with van der Waals surface area (Å²) < 4.78 is 48.0. The second-order valence-electron chi connectivity index (χ2n) is 7.87. The molecule has 33 heavy (non-hydrogen) atoms. The second kappa shape index (κ2) is 8.12. The zero-order chi connectivity index (χ0) is 23.2. The van der Waals surface area contributed by atoms with Gasteiger partial charge in [-0.1, -0.05) is 12.1 Å². The van der Waals surface area contributed by atoms with Crippen LogP contribution in [0.2, 0.25) is 0 Å². The SMILES string of the molecule is COc1cc(-c2cc3nccc(-c4cccc(S(=O)(=O)C5CC5)c4)c3o2)cc(OC)c1OC. The molecule has 4 aromatic rings. The van der Waals surface area contributed by atoms with E-state index in [0.29, 0.717) is 39.0 Å². The van der Waals surface area contributed by atoms with E-state index in [9.17, 15) is 8.42 Å². The normalized spacial score (nSPS) is 13.8. The molecule has 0 aliphatic heterocycles. The van der Waals surface area contributed by atoms with Gasteiger partial charge >= 0.3 is 0 Å². The van der Waals surface area contributed by atoms with Crippen LogP contribution < -0.4 is 14.2 Å². The monoisotopic (exact) mass is 465 g/mol. The summed E-state index contributed by atoms with van der Waals surface area (Å²) in [5.41, 5.74) is 3.49. The molecule has 1 fully saturated rings. The number of hydrogen-bond donors (Lipinski definition) is 0. The molecular formula is C25H23NO6S. The van der Waals surface area contributed by atoms with Crippen molar-refractivity contribution in [2.75, 3.05) is 21.3 Å². The van der Waals surface area contributed by atoms with Gasteiger partial charge in [-0.05, 0) is 48.7 Å². The number of benzene rings is 2. The average molecular weight is 466 g/mol. The fourth-order valence-electron chi connectivity index (χ4n) is 3.94. The van der Waals surface area contributed by atoms with Gasteiger partial charge in [0.1, 0.15) is 11.3 Å². The molecule has 0 radical (unpaired) electrons. The average Bonchev–Trinajstić information content (AvgIpc) is 3.62. The predicted octanol–water partition coefficient (Wildman–Crippen LogP) is 5.12. The zero-order valence-electron chi connectivity index (χ0n) is 18.5. The van der Waals surface area contributed by atoms with Gasteiger partial charge in [-0.15, -0.1) is 0 Å². The molecule has 7 nitrogen and oxygen atoms in total. The Hall–Kier alpha value is -3.52. The summed E-state index contributed by atoms with van der Waals surface area (Å²) in [6, 6.07) is 14.3. The molecule has 2 heterocycles. The molecule has 0 bridgehead atoms.